The van der Waals surface area contributed by atoms with E-state index in [1.54, 1.807) is 24.3 Å². The number of carbonyl (C=O) groups is 5. The predicted molar refractivity (Wildman–Crippen MR) is 146 cm³/mol. The van der Waals surface area contributed by atoms with Gasteiger partial charge in [0.15, 0.2) is 5.78 Å². The van der Waals surface area contributed by atoms with Crippen LogP contribution in [0.4, 0.5) is 5.69 Å². The molecule has 1 unspecified atom stereocenters. The molecule has 2 aromatic rings. The molecular formula is C26H29IN4O6. The first-order chi connectivity index (χ1) is 17.7. The molecule has 4 N–H and O–H groups in total. The molecule has 3 rings (SSSR count). The van der Waals surface area contributed by atoms with Crippen molar-refractivity contribution in [3.63, 3.8) is 0 Å². The van der Waals surface area contributed by atoms with E-state index in [2.05, 4.69) is 43.9 Å². The number of nitrogens with one attached hydrogen (secondary N) is 4. The van der Waals surface area contributed by atoms with Gasteiger partial charge in [0.05, 0.1) is 24.3 Å². The van der Waals surface area contributed by atoms with Gasteiger partial charge in [-0.15, -0.1) is 0 Å². The van der Waals surface area contributed by atoms with Crippen LogP contribution >= 0.6 is 22.6 Å². The van der Waals surface area contributed by atoms with Crippen molar-refractivity contribution in [3.8, 4) is 0 Å². The number of carbonyl (C=O) groups excluding carboxylic acids is 5. The van der Waals surface area contributed by atoms with Crippen LogP contribution in [0.3, 0.4) is 0 Å². The first-order valence-corrected chi connectivity index (χ1v) is 12.9. The number of ketones is 1. The molecule has 1 aliphatic rings. The van der Waals surface area contributed by atoms with Gasteiger partial charge < -0.3 is 20.7 Å². The van der Waals surface area contributed by atoms with Gasteiger partial charge in [-0.3, -0.25) is 29.3 Å². The van der Waals surface area contributed by atoms with E-state index in [0.717, 1.165) is 9.13 Å². The summed E-state index contributed by atoms with van der Waals surface area (Å²) >= 11 is 2.15. The lowest BCUT2D eigenvalue weighted by Crippen LogP contribution is -2.52. The van der Waals surface area contributed by atoms with Crippen LogP contribution in [0.15, 0.2) is 36.4 Å². The van der Waals surface area contributed by atoms with Gasteiger partial charge in [-0.25, -0.2) is 0 Å². The summed E-state index contributed by atoms with van der Waals surface area (Å²) in [4.78, 5) is 61.0. The summed E-state index contributed by atoms with van der Waals surface area (Å²) in [6.45, 7) is 4.57. The Kier molecular flexibility index (Phi) is 10.1. The summed E-state index contributed by atoms with van der Waals surface area (Å²) in [5.74, 6) is -2.00. The predicted octanol–water partition coefficient (Wildman–Crippen LogP) is 2.20. The number of Topliss-reactive ketones (excluding diaryl/α,β-unsaturated/α-hetero) is 1. The number of amides is 4. The number of imide groups is 1. The Morgan fingerprint density at radius 3 is 2.46 bits per heavy atom. The Hall–Kier alpha value is -3.32. The topological polar surface area (TPSA) is 143 Å². The lowest BCUT2D eigenvalue weighted by molar-refractivity contribution is -0.134. The van der Waals surface area contributed by atoms with Gasteiger partial charge in [0.1, 0.15) is 6.04 Å². The zero-order valence-corrected chi connectivity index (χ0v) is 22.8. The van der Waals surface area contributed by atoms with Gasteiger partial charge in [0, 0.05) is 34.3 Å². The van der Waals surface area contributed by atoms with Crippen molar-refractivity contribution < 1.29 is 28.7 Å². The monoisotopic (exact) mass is 620 g/mol. The SMILES string of the molecule is CC(=O)c1cccc(NCCOCCNC(=O)c2cccc(C)c2I)c1C(=O)NC1CCC(=O)NC1=O. The minimum Gasteiger partial charge on any atom is -0.382 e. The number of aryl methyl sites for hydroxylation is 1. The highest BCUT2D eigenvalue weighted by molar-refractivity contribution is 14.1. The first-order valence-electron chi connectivity index (χ1n) is 11.8. The van der Waals surface area contributed by atoms with Gasteiger partial charge in [0.2, 0.25) is 11.8 Å². The second-order valence-corrected chi connectivity index (χ2v) is 9.57. The molecule has 0 bridgehead atoms. The second-order valence-electron chi connectivity index (χ2n) is 8.49. The van der Waals surface area contributed by atoms with E-state index < -0.39 is 17.9 Å². The van der Waals surface area contributed by atoms with E-state index in [9.17, 15) is 24.0 Å². The molecule has 1 fully saturated rings. The van der Waals surface area contributed by atoms with Crippen molar-refractivity contribution in [2.24, 2.45) is 0 Å². The average molecular weight is 620 g/mol. The summed E-state index contributed by atoms with van der Waals surface area (Å²) in [6, 6.07) is 9.57. The summed E-state index contributed by atoms with van der Waals surface area (Å²) in [5, 5.41) is 10.8. The summed E-state index contributed by atoms with van der Waals surface area (Å²) in [6.07, 6.45) is 0.312. The first kappa shape index (κ1) is 28.3. The van der Waals surface area contributed by atoms with Crippen molar-refractivity contribution in [3.05, 3.63) is 62.2 Å². The number of hydrogen-bond donors (Lipinski definition) is 4. The maximum Gasteiger partial charge on any atom is 0.254 e. The molecule has 0 spiro atoms. The van der Waals surface area contributed by atoms with E-state index in [-0.39, 0.29) is 48.2 Å². The molecule has 11 heteroatoms. The highest BCUT2D eigenvalue weighted by atomic mass is 127. The van der Waals surface area contributed by atoms with Crippen LogP contribution in [-0.4, -0.2) is 61.8 Å². The largest absolute Gasteiger partial charge is 0.382 e. The van der Waals surface area contributed by atoms with Crippen LogP contribution in [0.25, 0.3) is 0 Å². The van der Waals surface area contributed by atoms with E-state index in [1.807, 2.05) is 19.1 Å². The second kappa shape index (κ2) is 13.3. The Morgan fingerprint density at radius 2 is 1.73 bits per heavy atom. The summed E-state index contributed by atoms with van der Waals surface area (Å²) < 4.78 is 6.50. The lowest BCUT2D eigenvalue weighted by atomic mass is 9.99. The van der Waals surface area contributed by atoms with Crippen molar-refractivity contribution >= 4 is 57.7 Å². The number of benzene rings is 2. The molecule has 4 amide bonds. The molecule has 196 valence electrons. The third kappa shape index (κ3) is 7.59. The number of ether oxygens (including phenoxy) is 1. The average Bonchev–Trinajstić information content (AvgIpc) is 2.86. The highest BCUT2D eigenvalue weighted by Gasteiger charge is 2.29. The van der Waals surface area contributed by atoms with Gasteiger partial charge in [-0.1, -0.05) is 24.3 Å². The molecule has 1 heterocycles. The molecule has 1 aliphatic heterocycles. The zero-order valence-electron chi connectivity index (χ0n) is 20.6. The Labute approximate surface area is 228 Å². The molecule has 0 saturated carbocycles. The fourth-order valence-corrected chi connectivity index (χ4v) is 4.42. The van der Waals surface area contributed by atoms with Crippen molar-refractivity contribution in [1.82, 2.24) is 16.0 Å². The molecular weight excluding hydrogens is 591 g/mol. The Bertz CT molecular complexity index is 1220. The fourth-order valence-electron chi connectivity index (χ4n) is 3.81. The molecule has 1 saturated heterocycles. The number of rotatable bonds is 11. The van der Waals surface area contributed by atoms with Gasteiger partial charge >= 0.3 is 0 Å². The minimum absolute atomic E-state index is 0.123. The Balaban J connectivity index is 1.51. The molecule has 0 radical (unpaired) electrons. The third-order valence-electron chi connectivity index (χ3n) is 5.75. The molecule has 10 nitrogen and oxygen atoms in total. The standard InChI is InChI=1S/C26H29IN4O6/c1-15-5-3-7-18(23(15)27)24(34)29-12-14-37-13-11-28-19-8-4-6-17(16(2)32)22(19)26(36)30-20-9-10-21(33)31-25(20)35/h3-8,20,28H,9-14H2,1-2H3,(H,29,34)(H,30,36)(H,31,33,35). The molecule has 0 aliphatic carbocycles. The van der Waals surface area contributed by atoms with Crippen LogP contribution in [0.5, 0.6) is 0 Å². The van der Waals surface area contributed by atoms with Crippen LogP contribution in [0.2, 0.25) is 0 Å². The summed E-state index contributed by atoms with van der Waals surface area (Å²) in [5.41, 5.74) is 2.41. The molecule has 2 aromatic carbocycles. The van der Waals surface area contributed by atoms with E-state index in [1.165, 1.54) is 6.92 Å². The van der Waals surface area contributed by atoms with Crippen LogP contribution in [0, 0.1) is 10.5 Å². The van der Waals surface area contributed by atoms with Gasteiger partial charge in [-0.2, -0.15) is 0 Å². The van der Waals surface area contributed by atoms with Gasteiger partial charge in [-0.05, 0) is 60.6 Å². The maximum absolute atomic E-state index is 13.0. The van der Waals surface area contributed by atoms with E-state index in [0.29, 0.717) is 30.9 Å². The zero-order chi connectivity index (χ0) is 26.9. The molecule has 37 heavy (non-hydrogen) atoms. The highest BCUT2D eigenvalue weighted by Crippen LogP contribution is 2.22. The lowest BCUT2D eigenvalue weighted by Gasteiger charge is -2.23. The summed E-state index contributed by atoms with van der Waals surface area (Å²) in [7, 11) is 0. The number of anilines is 1. The van der Waals surface area contributed by atoms with E-state index >= 15 is 0 Å². The van der Waals surface area contributed by atoms with Crippen LogP contribution < -0.4 is 21.3 Å². The Morgan fingerprint density at radius 1 is 1.03 bits per heavy atom. The number of hydrogen-bond acceptors (Lipinski definition) is 7. The normalized spacial score (nSPS) is 15.1. The van der Waals surface area contributed by atoms with E-state index in [4.69, 9.17) is 4.74 Å². The number of halogens is 1. The smallest absolute Gasteiger partial charge is 0.254 e. The van der Waals surface area contributed by atoms with Crippen molar-refractivity contribution in [1.29, 1.82) is 0 Å². The number of piperidine rings is 1. The molecule has 0 aromatic heterocycles. The third-order valence-corrected chi connectivity index (χ3v) is 7.18. The maximum atomic E-state index is 13.0. The fraction of sp³-hybridized carbons (Fsp3) is 0.346. The van der Waals surface area contributed by atoms with Crippen molar-refractivity contribution in [2.45, 2.75) is 32.7 Å². The molecule has 1 atom stereocenters. The van der Waals surface area contributed by atoms with Crippen LogP contribution in [-0.2, 0) is 14.3 Å². The quantitative estimate of drug-likeness (QED) is 0.131. The van der Waals surface area contributed by atoms with Gasteiger partial charge in [0.25, 0.3) is 11.8 Å². The van der Waals surface area contributed by atoms with Crippen LogP contribution in [0.1, 0.15) is 56.4 Å². The minimum atomic E-state index is -0.861. The van der Waals surface area contributed by atoms with Crippen molar-refractivity contribution in [2.75, 3.05) is 31.6 Å².